The van der Waals surface area contributed by atoms with Crippen LogP contribution in [0.3, 0.4) is 0 Å². The van der Waals surface area contributed by atoms with Crippen LogP contribution < -0.4 is 0 Å². The van der Waals surface area contributed by atoms with Crippen molar-refractivity contribution in [3.05, 3.63) is 59.7 Å². The van der Waals surface area contributed by atoms with Gasteiger partial charge in [0.15, 0.2) is 0 Å². The molecule has 2 aromatic carbocycles. The van der Waals surface area contributed by atoms with E-state index in [9.17, 15) is 25.9 Å². The summed E-state index contributed by atoms with van der Waals surface area (Å²) in [7, 11) is -8.74. The summed E-state index contributed by atoms with van der Waals surface area (Å²) in [4.78, 5) is -0.0791. The van der Waals surface area contributed by atoms with Crippen LogP contribution in [-0.2, 0) is 33.1 Å². The Morgan fingerprint density at radius 1 is 0.162 bits per heavy atom. The van der Waals surface area contributed by atoms with Crippen LogP contribution in [0.4, 0.5) is 0 Å². The molecule has 0 saturated carbocycles. The number of hydrogen-bond acceptors (Lipinski definition) is 6. The zero-order valence-electron chi connectivity index (χ0n) is 79.1. The summed E-state index contributed by atoms with van der Waals surface area (Å²) in [6, 6.07) is 13.3. The predicted molar refractivity (Wildman–Crippen MR) is 518 cm³/mol. The first-order chi connectivity index (χ1) is 57.1. The topological polar surface area (TPSA) is 114 Å². The minimum Gasteiger partial charge on any atom is -0.744 e. The summed E-state index contributed by atoms with van der Waals surface area (Å²) in [5.41, 5.74) is 1.35. The fourth-order valence-electron chi connectivity index (χ4n) is 18.2. The zero-order chi connectivity index (χ0) is 83.4. The molecule has 0 aliphatic heterocycles. The van der Waals surface area contributed by atoms with Crippen molar-refractivity contribution in [2.45, 2.75) is 627 Å². The van der Waals surface area contributed by atoms with Gasteiger partial charge in [-0.3, -0.25) is 0 Å². The third kappa shape index (κ3) is 88.3. The maximum absolute atomic E-state index is 11.4. The first-order valence-corrected chi connectivity index (χ1v) is 56.0. The van der Waals surface area contributed by atoms with Crippen LogP contribution in [0.15, 0.2) is 58.3 Å². The zero-order valence-corrected chi connectivity index (χ0v) is 82.1. The van der Waals surface area contributed by atoms with Gasteiger partial charge in [0.1, 0.15) is 20.2 Å². The molecule has 117 heavy (non-hydrogen) atoms. The fraction of sp³-hybridized carbons (Fsp3) is 0.889. The van der Waals surface area contributed by atoms with Crippen LogP contribution in [0, 0.1) is 0 Å². The quantitative estimate of drug-likeness (QED) is 0.0370. The number of aryl methyl sites for hydroxylation is 2. The summed E-state index contributed by atoms with van der Waals surface area (Å²) < 4.78 is 68.5. The molecule has 0 saturated heterocycles. The van der Waals surface area contributed by atoms with Crippen molar-refractivity contribution in [2.24, 2.45) is 0 Å². The largest absolute Gasteiger partial charge is 2.00 e. The number of hydrogen-bond donors (Lipinski definition) is 0. The van der Waals surface area contributed by atoms with Gasteiger partial charge in [-0.25, -0.2) is 16.8 Å². The van der Waals surface area contributed by atoms with Crippen LogP contribution in [0.25, 0.3) is 0 Å². The molecule has 684 valence electrons. The Morgan fingerprint density at radius 3 is 0.359 bits per heavy atom. The molecule has 0 bridgehead atoms. The van der Waals surface area contributed by atoms with E-state index in [0.717, 1.165) is 25.7 Å². The van der Waals surface area contributed by atoms with Crippen molar-refractivity contribution in [1.29, 1.82) is 0 Å². The smallest absolute Gasteiger partial charge is 0.744 e. The molecule has 0 atom stereocenters. The molecular formula is C108H202MgO6S2. The molecule has 0 N–H and O–H groups in total. The molecule has 2 aromatic rings. The van der Waals surface area contributed by atoms with Gasteiger partial charge in [0.25, 0.3) is 0 Å². The second kappa shape index (κ2) is 95.7. The van der Waals surface area contributed by atoms with Gasteiger partial charge in [0.2, 0.25) is 0 Å². The van der Waals surface area contributed by atoms with Gasteiger partial charge in [0.05, 0.1) is 9.79 Å². The summed E-state index contributed by atoms with van der Waals surface area (Å²) in [6.45, 7) is 4.61. The molecule has 0 aromatic heterocycles. The van der Waals surface area contributed by atoms with Crippen molar-refractivity contribution in [3.63, 3.8) is 0 Å². The Morgan fingerprint density at radius 2 is 0.256 bits per heavy atom. The van der Waals surface area contributed by atoms with Crippen molar-refractivity contribution < 1.29 is 25.9 Å². The summed E-state index contributed by atoms with van der Waals surface area (Å²) in [5, 5.41) is 0. The molecule has 0 radical (unpaired) electrons. The van der Waals surface area contributed by atoms with Crippen LogP contribution in [0.1, 0.15) is 616 Å². The molecule has 0 fully saturated rings. The molecule has 6 nitrogen and oxygen atoms in total. The fourth-order valence-corrected chi connectivity index (χ4v) is 19.7. The standard InChI is InChI=1S/2C54H102O3S.Mg/c2*1-2-3-4-5-6-7-8-9-10-11-12-13-14-15-16-17-18-19-20-21-22-23-24-25-26-27-28-29-30-31-32-33-34-35-36-37-38-39-40-41-42-43-44-45-46-47-50-53-51-48-49-52-54(53)58(55,56)57;/h2*48-49,51-52H,2-47,50H2,1H3,(H,55,56,57);/q;;+2/p-2. The molecule has 2 rings (SSSR count). The van der Waals surface area contributed by atoms with E-state index >= 15 is 0 Å². The average Bonchev–Trinajstić information content (AvgIpc) is 0.845. The van der Waals surface area contributed by atoms with Gasteiger partial charge >= 0.3 is 23.1 Å². The van der Waals surface area contributed by atoms with E-state index < -0.39 is 20.2 Å². The van der Waals surface area contributed by atoms with Crippen LogP contribution >= 0.6 is 0 Å². The van der Waals surface area contributed by atoms with E-state index in [1.807, 2.05) is 12.1 Å². The van der Waals surface area contributed by atoms with Gasteiger partial charge in [0, 0.05) is 0 Å². The van der Waals surface area contributed by atoms with Crippen molar-refractivity contribution in [2.75, 3.05) is 0 Å². The number of unbranched alkanes of at least 4 members (excludes halogenated alkanes) is 90. The number of rotatable bonds is 96. The van der Waals surface area contributed by atoms with E-state index in [0.29, 0.717) is 24.0 Å². The molecule has 0 aliphatic rings. The number of benzene rings is 2. The Bertz CT molecular complexity index is 2280. The van der Waals surface area contributed by atoms with Crippen molar-refractivity contribution in [3.8, 4) is 0 Å². The maximum atomic E-state index is 11.4. The Labute approximate surface area is 750 Å². The van der Waals surface area contributed by atoms with Crippen LogP contribution in [0.2, 0.25) is 0 Å². The Kier molecular flexibility index (Phi) is 94.9. The monoisotopic (exact) mass is 1680 g/mol. The van der Waals surface area contributed by atoms with Gasteiger partial charge in [-0.05, 0) is 48.9 Å². The van der Waals surface area contributed by atoms with E-state index in [2.05, 4.69) is 13.8 Å². The summed E-state index contributed by atoms with van der Waals surface area (Å²) in [6.07, 6.45) is 133. The minimum atomic E-state index is -4.37. The van der Waals surface area contributed by atoms with E-state index in [1.165, 1.54) is 577 Å². The Balaban J connectivity index is 0.00000228. The van der Waals surface area contributed by atoms with E-state index in [-0.39, 0.29) is 32.8 Å². The molecule has 0 spiro atoms. The molecule has 0 unspecified atom stereocenters. The normalized spacial score (nSPS) is 11.8. The minimum absolute atomic E-state index is 0. The SMILES string of the molecule is CCCCCCCCCCCCCCCCCCCCCCCCCCCCCCCCCCCCCCCCCCCCCCCCc1ccccc1S(=O)(=O)[O-].CCCCCCCCCCCCCCCCCCCCCCCCCCCCCCCCCCCCCCCCCCCCCCCCc1ccccc1S(=O)(=O)[O-].[Mg+2]. The first-order valence-electron chi connectivity index (χ1n) is 53.2. The van der Waals surface area contributed by atoms with Gasteiger partial charge in [-0.1, -0.05) is 628 Å². The molecule has 9 heteroatoms. The van der Waals surface area contributed by atoms with Gasteiger partial charge in [-0.2, -0.15) is 0 Å². The molecule has 0 aliphatic carbocycles. The van der Waals surface area contributed by atoms with Gasteiger partial charge < -0.3 is 9.11 Å². The maximum Gasteiger partial charge on any atom is 2.00 e. The van der Waals surface area contributed by atoms with Crippen LogP contribution in [0.5, 0.6) is 0 Å². The summed E-state index contributed by atoms with van der Waals surface area (Å²) >= 11 is 0. The van der Waals surface area contributed by atoms with E-state index in [4.69, 9.17) is 0 Å². The van der Waals surface area contributed by atoms with E-state index in [1.54, 1.807) is 24.3 Å². The summed E-state index contributed by atoms with van der Waals surface area (Å²) in [5.74, 6) is 0. The predicted octanol–water partition coefficient (Wildman–Crippen LogP) is 37.8. The molecule has 0 amide bonds. The van der Waals surface area contributed by atoms with Crippen molar-refractivity contribution in [1.82, 2.24) is 0 Å². The van der Waals surface area contributed by atoms with Crippen LogP contribution in [-0.4, -0.2) is 49.0 Å². The molecular weight excluding hydrogens is 1480 g/mol. The Hall–Kier alpha value is -0.974. The molecule has 0 heterocycles. The van der Waals surface area contributed by atoms with Crippen molar-refractivity contribution >= 4 is 43.3 Å². The first kappa shape index (κ1) is 116. The second-order valence-corrected chi connectivity index (χ2v) is 40.1. The van der Waals surface area contributed by atoms with Gasteiger partial charge in [-0.15, -0.1) is 0 Å². The second-order valence-electron chi connectivity index (χ2n) is 37.4. The third-order valence-electron chi connectivity index (χ3n) is 26.1. The average molecular weight is 1690 g/mol. The third-order valence-corrected chi connectivity index (χ3v) is 28.0.